The molecule has 8 rings (SSSR count). The second-order valence-corrected chi connectivity index (χ2v) is 16.3. The van der Waals surface area contributed by atoms with Gasteiger partial charge >= 0.3 is 5.97 Å². The zero-order chi connectivity index (χ0) is 43.2. The number of carbonyl (C=O) groups is 1. The molecule has 1 atom stereocenters. The SMILES string of the molecule is COc1ccccc1-c1nccc(COc2ccccc2C[C@@H](N)C(=O)Oc2ncnc3sc(-c4ccc(F)cc4)c(-c4ccc(OCCN5CCN(C)CC5)c(Cl)c4C)c23)n1. The van der Waals surface area contributed by atoms with E-state index in [0.717, 1.165) is 59.9 Å². The molecule has 318 valence electrons. The number of ether oxygens (including phenoxy) is 4. The monoisotopic (exact) mass is 873 g/mol. The van der Waals surface area contributed by atoms with Crippen molar-refractivity contribution in [2.45, 2.75) is 26.0 Å². The van der Waals surface area contributed by atoms with E-state index in [9.17, 15) is 9.18 Å². The number of benzene rings is 4. The lowest BCUT2D eigenvalue weighted by molar-refractivity contribution is -0.136. The van der Waals surface area contributed by atoms with Gasteiger partial charge in [0.15, 0.2) is 5.82 Å². The molecule has 62 heavy (non-hydrogen) atoms. The fourth-order valence-corrected chi connectivity index (χ4v) is 8.71. The Morgan fingerprint density at radius 3 is 2.44 bits per heavy atom. The summed E-state index contributed by atoms with van der Waals surface area (Å²) in [4.78, 5) is 38.1. The Hall–Kier alpha value is -6.03. The Balaban J connectivity index is 1.03. The summed E-state index contributed by atoms with van der Waals surface area (Å²) in [7, 11) is 3.73. The summed E-state index contributed by atoms with van der Waals surface area (Å²) in [6.07, 6.45) is 3.13. The topological polar surface area (TPSA) is 138 Å². The van der Waals surface area contributed by atoms with E-state index in [2.05, 4.69) is 31.8 Å². The van der Waals surface area contributed by atoms with Gasteiger partial charge in [-0.3, -0.25) is 4.90 Å². The van der Waals surface area contributed by atoms with E-state index in [4.69, 9.17) is 41.3 Å². The Kier molecular flexibility index (Phi) is 13.3. The molecule has 12 nitrogen and oxygen atoms in total. The number of thiophene rings is 1. The van der Waals surface area contributed by atoms with E-state index in [1.165, 1.54) is 29.8 Å². The third kappa shape index (κ3) is 9.54. The highest BCUT2D eigenvalue weighted by molar-refractivity contribution is 7.22. The maximum absolute atomic E-state index is 14.2. The first-order chi connectivity index (χ1) is 30.2. The molecule has 0 spiro atoms. The van der Waals surface area contributed by atoms with E-state index in [-0.39, 0.29) is 24.7 Å². The van der Waals surface area contributed by atoms with Gasteiger partial charge in [0.1, 0.15) is 53.5 Å². The van der Waals surface area contributed by atoms with Crippen molar-refractivity contribution in [3.05, 3.63) is 131 Å². The van der Waals surface area contributed by atoms with Crippen LogP contribution in [0.15, 0.2) is 104 Å². The van der Waals surface area contributed by atoms with Crippen LogP contribution in [0.25, 0.3) is 43.2 Å². The molecule has 0 bridgehead atoms. The summed E-state index contributed by atoms with van der Waals surface area (Å²) in [6.45, 7) is 7.36. The minimum absolute atomic E-state index is 0.0391. The second kappa shape index (κ2) is 19.3. The number of likely N-dealkylation sites (N-methyl/N-ethyl adjacent to an activating group) is 1. The number of hydrogen-bond acceptors (Lipinski definition) is 13. The predicted octanol–water partition coefficient (Wildman–Crippen LogP) is 8.27. The molecule has 0 radical (unpaired) electrons. The van der Waals surface area contributed by atoms with E-state index in [1.54, 1.807) is 31.5 Å². The third-order valence-electron chi connectivity index (χ3n) is 10.8. The normalized spacial score (nSPS) is 13.8. The number of carbonyl (C=O) groups excluding carboxylic acids is 1. The number of nitrogens with two attached hydrogens (primary N) is 1. The van der Waals surface area contributed by atoms with Gasteiger partial charge in [0, 0.05) is 55.8 Å². The summed E-state index contributed by atoms with van der Waals surface area (Å²) in [6, 6.07) is 25.6. The zero-order valence-electron chi connectivity index (χ0n) is 34.5. The van der Waals surface area contributed by atoms with Crippen LogP contribution in [-0.2, 0) is 17.8 Å². The van der Waals surface area contributed by atoms with Gasteiger partial charge in [-0.25, -0.2) is 29.1 Å². The Bertz CT molecular complexity index is 2690. The highest BCUT2D eigenvalue weighted by atomic mass is 35.5. The van der Waals surface area contributed by atoms with Gasteiger partial charge in [-0.2, -0.15) is 0 Å². The largest absolute Gasteiger partial charge is 0.496 e. The third-order valence-corrected chi connectivity index (χ3v) is 12.4. The molecule has 7 aromatic rings. The number of rotatable bonds is 15. The number of para-hydroxylation sites is 2. The first-order valence-electron chi connectivity index (χ1n) is 20.2. The molecule has 2 N–H and O–H groups in total. The van der Waals surface area contributed by atoms with Crippen molar-refractivity contribution >= 4 is 39.1 Å². The first kappa shape index (κ1) is 42.7. The first-order valence-corrected chi connectivity index (χ1v) is 21.4. The lowest BCUT2D eigenvalue weighted by atomic mass is 9.96. The number of methoxy groups -OCH3 is 1. The van der Waals surface area contributed by atoms with E-state index in [1.807, 2.05) is 67.6 Å². The predicted molar refractivity (Wildman–Crippen MR) is 240 cm³/mol. The molecule has 0 amide bonds. The van der Waals surface area contributed by atoms with Gasteiger partial charge < -0.3 is 29.6 Å². The number of hydrogen-bond donors (Lipinski definition) is 1. The van der Waals surface area contributed by atoms with Gasteiger partial charge in [0.25, 0.3) is 0 Å². The molecule has 0 unspecified atom stereocenters. The van der Waals surface area contributed by atoms with Crippen LogP contribution in [0.2, 0.25) is 5.02 Å². The van der Waals surface area contributed by atoms with Gasteiger partial charge in [0.05, 0.1) is 28.8 Å². The number of nitrogens with zero attached hydrogens (tertiary/aromatic N) is 6. The Morgan fingerprint density at radius 2 is 1.65 bits per heavy atom. The molecule has 15 heteroatoms. The summed E-state index contributed by atoms with van der Waals surface area (Å²) in [5, 5.41) is 0.960. The Morgan fingerprint density at radius 1 is 0.887 bits per heavy atom. The summed E-state index contributed by atoms with van der Waals surface area (Å²) in [5.41, 5.74) is 11.6. The maximum atomic E-state index is 14.2. The summed E-state index contributed by atoms with van der Waals surface area (Å²) >= 11 is 8.41. The number of piperazine rings is 1. The molecule has 0 saturated carbocycles. The van der Waals surface area contributed by atoms with Crippen LogP contribution in [0.3, 0.4) is 0 Å². The average Bonchev–Trinajstić information content (AvgIpc) is 3.68. The van der Waals surface area contributed by atoms with Crippen molar-refractivity contribution < 1.29 is 28.1 Å². The lowest BCUT2D eigenvalue weighted by Crippen LogP contribution is -2.45. The van der Waals surface area contributed by atoms with E-state index >= 15 is 0 Å². The number of aromatic nitrogens is 4. The number of halogens is 2. The standard InChI is InChI=1S/C47H45ClFN7O5S/c1-29-34(16-17-39(42(29)48)59-25-24-56-22-20-55(2)21-23-56)40-41-45(52-28-53-46(41)62-43(40)30-12-14-32(49)15-13-30)61-47(57)36(50)26-31-8-4-6-10-37(31)60-27-33-18-19-51-44(54-33)35-9-5-7-11-38(35)58-3/h4-19,28,36H,20-27,50H2,1-3H3/t36-/m1/s1. The highest BCUT2D eigenvalue weighted by Gasteiger charge is 2.27. The van der Waals surface area contributed by atoms with Crippen LogP contribution in [0, 0.1) is 12.7 Å². The van der Waals surface area contributed by atoms with Crippen LogP contribution in [0.5, 0.6) is 23.1 Å². The maximum Gasteiger partial charge on any atom is 0.330 e. The van der Waals surface area contributed by atoms with Gasteiger partial charge in [-0.05, 0) is 78.7 Å². The zero-order valence-corrected chi connectivity index (χ0v) is 36.1. The molecule has 0 aliphatic carbocycles. The van der Waals surface area contributed by atoms with Crippen molar-refractivity contribution in [1.82, 2.24) is 29.7 Å². The van der Waals surface area contributed by atoms with Crippen molar-refractivity contribution in [2.24, 2.45) is 5.73 Å². The highest BCUT2D eigenvalue weighted by Crippen LogP contribution is 2.49. The number of fused-ring (bicyclic) bond motifs is 1. The summed E-state index contributed by atoms with van der Waals surface area (Å²) < 4.78 is 38.2. The molecular weight excluding hydrogens is 829 g/mol. The van der Waals surface area contributed by atoms with Crippen LogP contribution in [-0.4, -0.2) is 95.2 Å². The molecule has 4 heterocycles. The number of esters is 1. The van der Waals surface area contributed by atoms with Crippen LogP contribution < -0.4 is 24.7 Å². The van der Waals surface area contributed by atoms with Crippen molar-refractivity contribution in [3.8, 4) is 56.1 Å². The van der Waals surface area contributed by atoms with Crippen molar-refractivity contribution in [2.75, 3.05) is 53.5 Å². The van der Waals surface area contributed by atoms with Crippen LogP contribution in [0.4, 0.5) is 4.39 Å². The molecule has 1 saturated heterocycles. The van der Waals surface area contributed by atoms with Gasteiger partial charge in [-0.15, -0.1) is 11.3 Å². The van der Waals surface area contributed by atoms with Crippen molar-refractivity contribution in [3.63, 3.8) is 0 Å². The minimum atomic E-state index is -1.09. The minimum Gasteiger partial charge on any atom is -0.496 e. The Labute approximate surface area is 368 Å². The second-order valence-electron chi connectivity index (χ2n) is 14.9. The van der Waals surface area contributed by atoms with Crippen molar-refractivity contribution in [1.29, 1.82) is 0 Å². The molecule has 1 fully saturated rings. The fraction of sp³-hybridized carbons (Fsp3) is 0.255. The van der Waals surface area contributed by atoms with Crippen LogP contribution >= 0.6 is 22.9 Å². The van der Waals surface area contributed by atoms with Gasteiger partial charge in [-0.1, -0.05) is 60.1 Å². The lowest BCUT2D eigenvalue weighted by Gasteiger charge is -2.32. The van der Waals surface area contributed by atoms with Gasteiger partial charge in [0.2, 0.25) is 5.88 Å². The molecular formula is C47H45ClFN7O5S. The quantitative estimate of drug-likeness (QED) is 0.0993. The fourth-order valence-electron chi connectivity index (χ4n) is 7.34. The molecule has 1 aliphatic rings. The average molecular weight is 874 g/mol. The van der Waals surface area contributed by atoms with E-state index in [0.29, 0.717) is 61.7 Å². The smallest absolute Gasteiger partial charge is 0.330 e. The van der Waals surface area contributed by atoms with E-state index < -0.39 is 12.0 Å². The van der Waals surface area contributed by atoms with Crippen LogP contribution in [0.1, 0.15) is 16.8 Å². The molecule has 3 aromatic heterocycles. The summed E-state index contributed by atoms with van der Waals surface area (Å²) in [5.74, 6) is 1.26. The molecule has 4 aromatic carbocycles. The molecule has 1 aliphatic heterocycles.